The number of ketones is 1. The molecule has 7 heteroatoms. The number of carbonyl (C=O) groups excluding carboxylic acids is 2. The largest absolute Gasteiger partial charge is 0.346 e. The summed E-state index contributed by atoms with van der Waals surface area (Å²) < 4.78 is 0. The number of amides is 1. The third-order valence-corrected chi connectivity index (χ3v) is 6.34. The summed E-state index contributed by atoms with van der Waals surface area (Å²) in [6, 6.07) is 6.04. The molecule has 1 atom stereocenters. The number of benzene rings is 1. The monoisotopic (exact) mass is 477 g/mol. The highest BCUT2D eigenvalue weighted by Gasteiger charge is 2.36. The molecule has 34 heavy (non-hydrogen) atoms. The van der Waals surface area contributed by atoms with E-state index in [9.17, 15) is 9.59 Å². The molecule has 0 spiro atoms. The second-order valence-corrected chi connectivity index (χ2v) is 9.34. The minimum absolute atomic E-state index is 0.00552. The normalized spacial score (nSPS) is 15.7. The van der Waals surface area contributed by atoms with Crippen molar-refractivity contribution in [3.63, 3.8) is 0 Å². The SMILES string of the molecule is CCCCCCC1CCc2cc(C(=O)CC(COOCC)(COOCC)NC(C)=O)ccc2C1. The summed E-state index contributed by atoms with van der Waals surface area (Å²) in [5, 5.41) is 2.84. The van der Waals surface area contributed by atoms with Crippen LogP contribution in [-0.2, 0) is 37.2 Å². The number of hydrogen-bond donors (Lipinski definition) is 1. The highest BCUT2D eigenvalue weighted by Crippen LogP contribution is 2.30. The summed E-state index contributed by atoms with van der Waals surface area (Å²) >= 11 is 0. The molecule has 1 unspecified atom stereocenters. The Morgan fingerprint density at radius 3 is 2.29 bits per heavy atom. The van der Waals surface area contributed by atoms with Crippen LogP contribution >= 0.6 is 0 Å². The Hall–Kier alpha value is -1.80. The Kier molecular flexibility index (Phi) is 12.8. The van der Waals surface area contributed by atoms with Gasteiger partial charge in [-0.05, 0) is 56.2 Å². The van der Waals surface area contributed by atoms with Crippen molar-refractivity contribution in [2.45, 2.75) is 91.0 Å². The Bertz CT molecular complexity index is 755. The fraction of sp³-hybridized carbons (Fsp3) is 0.704. The van der Waals surface area contributed by atoms with Crippen LogP contribution in [0, 0.1) is 5.92 Å². The van der Waals surface area contributed by atoms with Crippen molar-refractivity contribution in [2.75, 3.05) is 26.4 Å². The van der Waals surface area contributed by atoms with Gasteiger partial charge in [0.1, 0.15) is 18.8 Å². The highest BCUT2D eigenvalue weighted by atomic mass is 17.2. The average molecular weight is 478 g/mol. The van der Waals surface area contributed by atoms with Crippen molar-refractivity contribution in [3.05, 3.63) is 34.9 Å². The summed E-state index contributed by atoms with van der Waals surface area (Å²) in [4.78, 5) is 45.9. The van der Waals surface area contributed by atoms with Crippen molar-refractivity contribution >= 4 is 11.7 Å². The Labute approximate surface area is 204 Å². The minimum atomic E-state index is -1.10. The predicted octanol–water partition coefficient (Wildman–Crippen LogP) is 5.15. The second kappa shape index (κ2) is 15.2. The molecule has 0 bridgehead atoms. The van der Waals surface area contributed by atoms with Crippen LogP contribution in [0.5, 0.6) is 0 Å². The molecule has 7 nitrogen and oxygen atoms in total. The van der Waals surface area contributed by atoms with E-state index in [1.807, 2.05) is 12.1 Å². The first-order valence-corrected chi connectivity index (χ1v) is 12.9. The van der Waals surface area contributed by atoms with E-state index in [4.69, 9.17) is 19.6 Å². The van der Waals surface area contributed by atoms with Gasteiger partial charge in [-0.2, -0.15) is 0 Å². The van der Waals surface area contributed by atoms with Gasteiger partial charge in [-0.25, -0.2) is 19.6 Å². The van der Waals surface area contributed by atoms with Gasteiger partial charge in [-0.3, -0.25) is 9.59 Å². The van der Waals surface area contributed by atoms with E-state index in [0.717, 1.165) is 18.8 Å². The molecule has 0 fully saturated rings. The fourth-order valence-electron chi connectivity index (χ4n) is 4.63. The molecule has 1 amide bonds. The van der Waals surface area contributed by atoms with Crippen molar-refractivity contribution in [1.82, 2.24) is 5.32 Å². The van der Waals surface area contributed by atoms with Gasteiger partial charge in [0, 0.05) is 18.9 Å². The van der Waals surface area contributed by atoms with Gasteiger partial charge in [0.05, 0.1) is 13.2 Å². The quantitative estimate of drug-likeness (QED) is 0.145. The standard InChI is InChI=1S/C27H43NO6/c1-5-8-9-10-11-22-12-13-24-17-25(15-14-23(24)16-22)26(30)18-27(28-21(4)29,19-33-31-6-2)20-34-32-7-3/h14-15,17,22H,5-13,16,18-20H2,1-4H3,(H,28,29). The van der Waals surface area contributed by atoms with E-state index in [1.165, 1.54) is 56.6 Å². The minimum Gasteiger partial charge on any atom is -0.346 e. The zero-order chi connectivity index (χ0) is 24.8. The molecular weight excluding hydrogens is 434 g/mol. The summed E-state index contributed by atoms with van der Waals surface area (Å²) in [6.07, 6.45) is 9.79. The summed E-state index contributed by atoms with van der Waals surface area (Å²) in [5.41, 5.74) is 2.16. The maximum Gasteiger partial charge on any atom is 0.217 e. The zero-order valence-corrected chi connectivity index (χ0v) is 21.5. The predicted molar refractivity (Wildman–Crippen MR) is 131 cm³/mol. The molecule has 1 N–H and O–H groups in total. The Balaban J connectivity index is 2.09. The molecule has 192 valence electrons. The fourth-order valence-corrected chi connectivity index (χ4v) is 4.63. The lowest BCUT2D eigenvalue weighted by Gasteiger charge is -2.32. The third kappa shape index (κ3) is 9.45. The second-order valence-electron chi connectivity index (χ2n) is 9.34. The maximum atomic E-state index is 13.3. The van der Waals surface area contributed by atoms with Gasteiger partial charge in [-0.1, -0.05) is 51.2 Å². The van der Waals surface area contributed by atoms with Gasteiger partial charge in [0.25, 0.3) is 0 Å². The number of hydrogen-bond acceptors (Lipinski definition) is 6. The van der Waals surface area contributed by atoms with Gasteiger partial charge >= 0.3 is 0 Å². The molecule has 0 aliphatic heterocycles. The smallest absolute Gasteiger partial charge is 0.217 e. The lowest BCUT2D eigenvalue weighted by atomic mass is 9.80. The summed E-state index contributed by atoms with van der Waals surface area (Å²) in [7, 11) is 0. The van der Waals surface area contributed by atoms with Crippen LogP contribution in [0.15, 0.2) is 18.2 Å². The molecular formula is C27H43NO6. The molecule has 1 aliphatic rings. The molecule has 0 heterocycles. The van der Waals surface area contributed by atoms with Gasteiger partial charge in [0.15, 0.2) is 5.78 Å². The van der Waals surface area contributed by atoms with E-state index < -0.39 is 5.54 Å². The van der Waals surface area contributed by atoms with Crippen LogP contribution < -0.4 is 5.32 Å². The van der Waals surface area contributed by atoms with E-state index in [1.54, 1.807) is 13.8 Å². The molecule has 1 aromatic carbocycles. The number of aryl methyl sites for hydroxylation is 1. The van der Waals surface area contributed by atoms with Crippen molar-refractivity contribution in [3.8, 4) is 0 Å². The van der Waals surface area contributed by atoms with Crippen LogP contribution in [0.3, 0.4) is 0 Å². The molecule has 0 radical (unpaired) electrons. The Morgan fingerprint density at radius 1 is 0.971 bits per heavy atom. The molecule has 0 aromatic heterocycles. The van der Waals surface area contributed by atoms with Gasteiger partial charge in [-0.15, -0.1) is 0 Å². The molecule has 2 rings (SSSR count). The van der Waals surface area contributed by atoms with Crippen LogP contribution in [0.2, 0.25) is 0 Å². The number of carbonyl (C=O) groups is 2. The van der Waals surface area contributed by atoms with E-state index in [-0.39, 0.29) is 31.3 Å². The molecule has 0 saturated carbocycles. The molecule has 1 aromatic rings. The number of Topliss-reactive ketones (excluding diaryl/α,β-unsaturated/α-hetero) is 1. The van der Waals surface area contributed by atoms with Crippen molar-refractivity contribution in [2.24, 2.45) is 5.92 Å². The number of fused-ring (bicyclic) bond motifs is 1. The first kappa shape index (κ1) is 28.4. The van der Waals surface area contributed by atoms with Crippen LogP contribution in [0.25, 0.3) is 0 Å². The maximum absolute atomic E-state index is 13.3. The number of nitrogens with one attached hydrogen (secondary N) is 1. The first-order valence-electron chi connectivity index (χ1n) is 12.9. The topological polar surface area (TPSA) is 83.1 Å². The lowest BCUT2D eigenvalue weighted by Crippen LogP contribution is -2.56. The van der Waals surface area contributed by atoms with Gasteiger partial charge in [0.2, 0.25) is 5.91 Å². The van der Waals surface area contributed by atoms with Gasteiger partial charge < -0.3 is 5.32 Å². The van der Waals surface area contributed by atoms with Crippen LogP contribution in [0.1, 0.15) is 94.1 Å². The van der Waals surface area contributed by atoms with Crippen molar-refractivity contribution < 1.29 is 29.1 Å². The summed E-state index contributed by atoms with van der Waals surface area (Å²) in [5.74, 6) is 0.367. The highest BCUT2D eigenvalue weighted by molar-refractivity contribution is 5.97. The Morgan fingerprint density at radius 2 is 1.68 bits per heavy atom. The summed E-state index contributed by atoms with van der Waals surface area (Å²) in [6.45, 7) is 7.86. The van der Waals surface area contributed by atoms with E-state index in [2.05, 4.69) is 18.3 Å². The zero-order valence-electron chi connectivity index (χ0n) is 21.5. The van der Waals surface area contributed by atoms with Crippen molar-refractivity contribution in [1.29, 1.82) is 0 Å². The molecule has 1 aliphatic carbocycles. The number of rotatable bonds is 17. The van der Waals surface area contributed by atoms with E-state index >= 15 is 0 Å². The van der Waals surface area contributed by atoms with Crippen LogP contribution in [-0.4, -0.2) is 43.7 Å². The average Bonchev–Trinajstić information content (AvgIpc) is 2.81. The lowest BCUT2D eigenvalue weighted by molar-refractivity contribution is -0.328. The van der Waals surface area contributed by atoms with E-state index in [0.29, 0.717) is 18.8 Å². The number of unbranched alkanes of at least 4 members (excludes halogenated alkanes) is 3. The first-order chi connectivity index (χ1) is 16.4. The van der Waals surface area contributed by atoms with Crippen LogP contribution in [0.4, 0.5) is 0 Å². The molecule has 0 saturated heterocycles. The third-order valence-electron chi connectivity index (χ3n) is 6.34.